The summed E-state index contributed by atoms with van der Waals surface area (Å²) in [5, 5.41) is 20.2. The van der Waals surface area contributed by atoms with Crippen LogP contribution in [0.1, 0.15) is 79.6 Å². The van der Waals surface area contributed by atoms with Gasteiger partial charge >= 0.3 is 5.97 Å². The summed E-state index contributed by atoms with van der Waals surface area (Å²) in [7, 11) is 0. The van der Waals surface area contributed by atoms with E-state index in [2.05, 4.69) is 32.9 Å². The minimum atomic E-state index is -0.648. The molecule has 0 amide bonds. The molecule has 4 nitrogen and oxygen atoms in total. The smallest absolute Gasteiger partial charge is 0.309 e. The lowest BCUT2D eigenvalue weighted by molar-refractivity contribution is -0.161. The van der Waals surface area contributed by atoms with Crippen LogP contribution >= 0.6 is 0 Å². The molecule has 32 heavy (non-hydrogen) atoms. The van der Waals surface area contributed by atoms with E-state index in [-0.39, 0.29) is 27.8 Å². The number of carboxylic acids is 1. The van der Waals surface area contributed by atoms with Crippen molar-refractivity contribution in [2.24, 2.45) is 33.5 Å². The molecule has 0 heterocycles. The number of ketones is 1. The molecule has 0 aromatic heterocycles. The number of carbonyl (C=O) groups is 2. The minimum absolute atomic E-state index is 0.00302. The van der Waals surface area contributed by atoms with Crippen LogP contribution in [0.5, 0.6) is 0 Å². The Bertz CT molecular complexity index is 1060. The van der Waals surface area contributed by atoms with Gasteiger partial charge in [0.1, 0.15) is 0 Å². The Morgan fingerprint density at radius 1 is 1.00 bits per heavy atom. The summed E-state index contributed by atoms with van der Waals surface area (Å²) in [4.78, 5) is 24.7. The lowest BCUT2D eigenvalue weighted by Gasteiger charge is -2.64. The first-order valence-corrected chi connectivity index (χ1v) is 12.2. The number of fused-ring (bicyclic) bond motifs is 7. The van der Waals surface area contributed by atoms with Crippen molar-refractivity contribution in [2.75, 3.05) is 0 Å². The molecule has 3 saturated carbocycles. The molecule has 0 aromatic carbocycles. The second-order valence-electron chi connectivity index (χ2n) is 12.3. The van der Waals surface area contributed by atoms with Gasteiger partial charge in [0.15, 0.2) is 5.76 Å². The van der Waals surface area contributed by atoms with Crippen molar-refractivity contribution in [3.63, 3.8) is 0 Å². The number of hydrogen-bond donors (Lipinski definition) is 2. The minimum Gasteiger partial charge on any atom is -0.504 e. The topological polar surface area (TPSA) is 74.6 Å². The van der Waals surface area contributed by atoms with Gasteiger partial charge in [-0.05, 0) is 98.7 Å². The number of allylic oxidation sites excluding steroid dienone is 7. The molecule has 4 heteroatoms. The summed E-state index contributed by atoms with van der Waals surface area (Å²) >= 11 is 0. The van der Waals surface area contributed by atoms with Gasteiger partial charge in [0.2, 0.25) is 5.78 Å². The van der Waals surface area contributed by atoms with Crippen molar-refractivity contribution in [1.29, 1.82) is 0 Å². The number of aliphatic hydroxyl groups excluding tert-OH is 1. The number of carbonyl (C=O) groups excluding carboxylic acids is 1. The van der Waals surface area contributed by atoms with E-state index in [1.165, 1.54) is 5.57 Å². The van der Waals surface area contributed by atoms with Gasteiger partial charge in [-0.15, -0.1) is 0 Å². The molecule has 0 unspecified atom stereocenters. The summed E-state index contributed by atoms with van der Waals surface area (Å²) < 4.78 is 0. The third kappa shape index (κ3) is 2.61. The van der Waals surface area contributed by atoms with Crippen molar-refractivity contribution in [1.82, 2.24) is 0 Å². The SMILES string of the molecule is CC1=C(O)C(=O)C=C2C1=CC=C1[C@@]2(C)CC[C@H]2[C@@H]3C[C@](C)(C(=O)O)CC[C@]3(C)CC[C@]12C. The highest BCUT2D eigenvalue weighted by molar-refractivity contribution is 6.06. The first-order chi connectivity index (χ1) is 14.9. The second-order valence-corrected chi connectivity index (χ2v) is 12.3. The van der Waals surface area contributed by atoms with E-state index >= 15 is 0 Å². The average Bonchev–Trinajstić information content (AvgIpc) is 2.73. The van der Waals surface area contributed by atoms with Crippen LogP contribution in [0.3, 0.4) is 0 Å². The molecule has 6 atom stereocenters. The number of aliphatic carboxylic acids is 1. The first-order valence-electron chi connectivity index (χ1n) is 12.2. The van der Waals surface area contributed by atoms with Crippen LogP contribution < -0.4 is 0 Å². The fraction of sp³-hybridized carbons (Fsp3) is 0.643. The zero-order valence-corrected chi connectivity index (χ0v) is 20.0. The fourth-order valence-corrected chi connectivity index (χ4v) is 8.23. The highest BCUT2D eigenvalue weighted by atomic mass is 16.4. The summed E-state index contributed by atoms with van der Waals surface area (Å²) in [5.74, 6) is -0.210. The third-order valence-corrected chi connectivity index (χ3v) is 10.6. The molecule has 172 valence electrons. The van der Waals surface area contributed by atoms with Gasteiger partial charge in [0.25, 0.3) is 0 Å². The largest absolute Gasteiger partial charge is 0.504 e. The molecule has 0 bridgehead atoms. The summed E-state index contributed by atoms with van der Waals surface area (Å²) in [6.07, 6.45) is 12.8. The highest BCUT2D eigenvalue weighted by Gasteiger charge is 2.62. The molecule has 2 N–H and O–H groups in total. The van der Waals surface area contributed by atoms with E-state index in [4.69, 9.17) is 0 Å². The van der Waals surface area contributed by atoms with Crippen molar-refractivity contribution >= 4 is 11.8 Å². The van der Waals surface area contributed by atoms with Gasteiger partial charge in [-0.3, -0.25) is 9.59 Å². The number of rotatable bonds is 1. The Kier molecular flexibility index (Phi) is 4.40. The zero-order valence-electron chi connectivity index (χ0n) is 20.0. The lowest BCUT2D eigenvalue weighted by atomic mass is 9.39. The van der Waals surface area contributed by atoms with Crippen molar-refractivity contribution in [3.8, 4) is 0 Å². The Morgan fingerprint density at radius 2 is 1.69 bits per heavy atom. The number of carboxylic acid groups (broad SMARTS) is 1. The second kappa shape index (κ2) is 6.48. The van der Waals surface area contributed by atoms with Crippen LogP contribution in [0.25, 0.3) is 0 Å². The molecular weight excluding hydrogens is 400 g/mol. The number of hydrogen-bond acceptors (Lipinski definition) is 3. The molecule has 0 saturated heterocycles. The zero-order chi connectivity index (χ0) is 23.3. The Morgan fingerprint density at radius 3 is 2.38 bits per heavy atom. The monoisotopic (exact) mass is 436 g/mol. The van der Waals surface area contributed by atoms with Gasteiger partial charge in [-0.2, -0.15) is 0 Å². The molecule has 5 aliphatic rings. The molecule has 5 aliphatic carbocycles. The van der Waals surface area contributed by atoms with E-state index in [9.17, 15) is 19.8 Å². The molecule has 0 spiro atoms. The molecule has 5 rings (SSSR count). The predicted molar refractivity (Wildman–Crippen MR) is 124 cm³/mol. The van der Waals surface area contributed by atoms with E-state index in [0.29, 0.717) is 17.4 Å². The van der Waals surface area contributed by atoms with E-state index < -0.39 is 11.4 Å². The first kappa shape index (κ1) is 21.7. The summed E-state index contributed by atoms with van der Waals surface area (Å²) in [5.41, 5.74) is 3.50. The maximum Gasteiger partial charge on any atom is 0.309 e. The quantitative estimate of drug-likeness (QED) is 0.505. The van der Waals surface area contributed by atoms with Gasteiger partial charge < -0.3 is 10.2 Å². The summed E-state index contributed by atoms with van der Waals surface area (Å²) in [6.45, 7) is 10.9. The average molecular weight is 437 g/mol. The van der Waals surface area contributed by atoms with Crippen LogP contribution in [0.15, 0.2) is 46.3 Å². The number of aliphatic hydroxyl groups is 1. The third-order valence-electron chi connectivity index (χ3n) is 10.6. The van der Waals surface area contributed by atoms with Crippen LogP contribution in [0, 0.1) is 33.5 Å². The predicted octanol–water partition coefficient (Wildman–Crippen LogP) is 6.31. The van der Waals surface area contributed by atoms with Crippen LogP contribution in [-0.2, 0) is 9.59 Å². The maximum atomic E-state index is 12.5. The van der Waals surface area contributed by atoms with E-state index in [1.807, 2.05) is 13.8 Å². The van der Waals surface area contributed by atoms with Gasteiger partial charge in [-0.25, -0.2) is 0 Å². The molecular formula is C28H36O4. The summed E-state index contributed by atoms with van der Waals surface area (Å²) in [6, 6.07) is 0. The van der Waals surface area contributed by atoms with E-state index in [0.717, 1.165) is 56.1 Å². The van der Waals surface area contributed by atoms with Gasteiger partial charge in [0, 0.05) is 11.0 Å². The Balaban J connectivity index is 1.60. The molecule has 0 aromatic rings. The van der Waals surface area contributed by atoms with Gasteiger partial charge in [-0.1, -0.05) is 38.5 Å². The van der Waals surface area contributed by atoms with Crippen molar-refractivity contribution in [2.45, 2.75) is 79.6 Å². The molecule has 0 radical (unpaired) electrons. The Hall–Kier alpha value is -2.10. The highest BCUT2D eigenvalue weighted by Crippen LogP contribution is 2.70. The van der Waals surface area contributed by atoms with Crippen LogP contribution in [-0.4, -0.2) is 22.0 Å². The van der Waals surface area contributed by atoms with Gasteiger partial charge in [0.05, 0.1) is 5.41 Å². The fourth-order valence-electron chi connectivity index (χ4n) is 8.23. The van der Waals surface area contributed by atoms with E-state index in [1.54, 1.807) is 6.08 Å². The molecule has 3 fully saturated rings. The van der Waals surface area contributed by atoms with Crippen LogP contribution in [0.2, 0.25) is 0 Å². The van der Waals surface area contributed by atoms with Crippen LogP contribution in [0.4, 0.5) is 0 Å². The van der Waals surface area contributed by atoms with Crippen molar-refractivity contribution in [3.05, 3.63) is 46.3 Å². The lowest BCUT2D eigenvalue weighted by Crippen LogP contribution is -2.56. The maximum absolute atomic E-state index is 12.5. The standard InChI is InChI=1S/C28H36O4/c1-16-17-6-7-22-27(4,19(17)14-21(29)23(16)30)9-8-18-20-15-26(3,24(31)32)11-10-25(20,2)12-13-28(18,22)5/h6-7,14,18,20,30H,8-13,15H2,1-5H3,(H,31,32)/t18-,20-,25+,26+,27-,28-/m0/s1. The normalized spacial score (nSPS) is 45.5. The molecule has 0 aliphatic heterocycles. The van der Waals surface area contributed by atoms with Crippen molar-refractivity contribution < 1.29 is 19.8 Å². The Labute approximate surface area is 191 Å².